The van der Waals surface area contributed by atoms with Crippen LogP contribution in [0, 0.1) is 0 Å². The van der Waals surface area contributed by atoms with E-state index in [2.05, 4.69) is 34.4 Å². The Morgan fingerprint density at radius 2 is 1.87 bits per heavy atom. The number of aliphatic imine (C=N–C) groups is 1. The summed E-state index contributed by atoms with van der Waals surface area (Å²) in [6, 6.07) is 7.70. The van der Waals surface area contributed by atoms with Crippen molar-refractivity contribution in [2.45, 2.75) is 25.8 Å². The Balaban J connectivity index is 0.00000320. The van der Waals surface area contributed by atoms with Gasteiger partial charge >= 0.3 is 0 Å². The largest absolute Gasteiger partial charge is 0.379 e. The normalized spacial score (nSPS) is 18.0. The molecule has 2 aliphatic heterocycles. The lowest BCUT2D eigenvalue weighted by Gasteiger charge is -2.41. The summed E-state index contributed by atoms with van der Waals surface area (Å²) in [6.07, 6.45) is 0.767. The summed E-state index contributed by atoms with van der Waals surface area (Å²) in [4.78, 5) is 6.63. The van der Waals surface area contributed by atoms with Gasteiger partial charge in [0.05, 0.1) is 24.7 Å². The molecule has 0 unspecified atom stereocenters. The SMILES string of the molecule is CN=C(NCCS(=O)(=O)N1CCc2ccccc21)NCC(C)(C)N1CCOCC1.I. The molecule has 2 N–H and O–H groups in total. The third-order valence-electron chi connectivity index (χ3n) is 5.61. The van der Waals surface area contributed by atoms with Gasteiger partial charge in [-0.3, -0.25) is 14.2 Å². The number of ether oxygens (including phenoxy) is 1. The summed E-state index contributed by atoms with van der Waals surface area (Å²) in [5.41, 5.74) is 1.85. The first kappa shape index (κ1) is 25.2. The molecular weight excluding hydrogens is 517 g/mol. The number of sulfonamides is 1. The lowest BCUT2D eigenvalue weighted by Crippen LogP contribution is -2.56. The number of fused-ring (bicyclic) bond motifs is 1. The van der Waals surface area contributed by atoms with Gasteiger partial charge in [0.15, 0.2) is 5.96 Å². The molecule has 0 amide bonds. The number of guanidine groups is 1. The van der Waals surface area contributed by atoms with Gasteiger partial charge in [0.1, 0.15) is 0 Å². The van der Waals surface area contributed by atoms with Crippen LogP contribution in [-0.2, 0) is 21.2 Å². The van der Waals surface area contributed by atoms with Crippen molar-refractivity contribution in [3.05, 3.63) is 29.8 Å². The Hall–Kier alpha value is -1.11. The Bertz CT molecular complexity index is 825. The second kappa shape index (κ2) is 11.0. The molecule has 0 atom stereocenters. The highest BCUT2D eigenvalue weighted by Crippen LogP contribution is 2.29. The number of anilines is 1. The van der Waals surface area contributed by atoms with E-state index in [-0.39, 0.29) is 35.3 Å². The summed E-state index contributed by atoms with van der Waals surface area (Å²) in [6.45, 7) is 9.25. The van der Waals surface area contributed by atoms with Gasteiger partial charge in [-0.15, -0.1) is 24.0 Å². The van der Waals surface area contributed by atoms with Crippen molar-refractivity contribution in [2.75, 3.05) is 63.0 Å². The number of benzene rings is 1. The highest BCUT2D eigenvalue weighted by molar-refractivity contribution is 14.0. The number of halogens is 1. The summed E-state index contributed by atoms with van der Waals surface area (Å²) in [7, 11) is -1.68. The third kappa shape index (κ3) is 6.21. The standard InChI is InChI=1S/C20H33N5O3S.HI/c1-20(2,24-11-13-28-14-12-24)16-23-19(21-3)22-9-15-29(26,27)25-10-8-17-6-4-5-7-18(17)25;/h4-7H,8-16H2,1-3H3,(H2,21,22,23);1H. The van der Waals surface area contributed by atoms with Gasteiger partial charge in [-0.05, 0) is 31.9 Å². The number of hydrogen-bond donors (Lipinski definition) is 2. The fourth-order valence-electron chi connectivity index (χ4n) is 3.81. The number of hydrogen-bond acceptors (Lipinski definition) is 5. The quantitative estimate of drug-likeness (QED) is 0.302. The maximum Gasteiger partial charge on any atom is 0.236 e. The van der Waals surface area contributed by atoms with Gasteiger partial charge < -0.3 is 15.4 Å². The number of nitrogens with one attached hydrogen (secondary N) is 2. The molecule has 1 saturated heterocycles. The minimum Gasteiger partial charge on any atom is -0.379 e. The first-order valence-electron chi connectivity index (χ1n) is 10.2. The smallest absolute Gasteiger partial charge is 0.236 e. The molecule has 0 bridgehead atoms. The van der Waals surface area contributed by atoms with Crippen LogP contribution in [0.15, 0.2) is 29.3 Å². The van der Waals surface area contributed by atoms with Crippen LogP contribution in [-0.4, -0.2) is 83.6 Å². The van der Waals surface area contributed by atoms with Crippen molar-refractivity contribution in [1.29, 1.82) is 0 Å². The van der Waals surface area contributed by atoms with E-state index in [1.165, 1.54) is 4.31 Å². The second-order valence-electron chi connectivity index (χ2n) is 8.03. The van der Waals surface area contributed by atoms with Gasteiger partial charge in [0, 0.05) is 45.3 Å². The van der Waals surface area contributed by atoms with Crippen molar-refractivity contribution in [3.63, 3.8) is 0 Å². The average Bonchev–Trinajstić information content (AvgIpc) is 3.16. The number of para-hydroxylation sites is 1. The Labute approximate surface area is 197 Å². The Kier molecular flexibility index (Phi) is 9.19. The minimum absolute atomic E-state index is 0. The lowest BCUT2D eigenvalue weighted by molar-refractivity contribution is -0.00833. The van der Waals surface area contributed by atoms with Crippen LogP contribution < -0.4 is 14.9 Å². The molecule has 1 aromatic carbocycles. The molecule has 0 aromatic heterocycles. The molecule has 0 radical (unpaired) electrons. The predicted molar refractivity (Wildman–Crippen MR) is 133 cm³/mol. The van der Waals surface area contributed by atoms with Crippen LogP contribution in [0.5, 0.6) is 0 Å². The lowest BCUT2D eigenvalue weighted by atomic mass is 10.0. The van der Waals surface area contributed by atoms with E-state index >= 15 is 0 Å². The van der Waals surface area contributed by atoms with E-state index in [1.807, 2.05) is 24.3 Å². The molecule has 2 aliphatic rings. The number of morpholine rings is 1. The first-order valence-corrected chi connectivity index (χ1v) is 11.8. The molecule has 1 aromatic rings. The van der Waals surface area contributed by atoms with E-state index in [9.17, 15) is 8.42 Å². The zero-order chi connectivity index (χ0) is 20.9. The van der Waals surface area contributed by atoms with E-state index < -0.39 is 10.0 Å². The van der Waals surface area contributed by atoms with Crippen molar-refractivity contribution in [1.82, 2.24) is 15.5 Å². The average molecular weight is 551 g/mol. The molecule has 10 heteroatoms. The van der Waals surface area contributed by atoms with Crippen LogP contribution in [0.1, 0.15) is 19.4 Å². The Morgan fingerprint density at radius 1 is 1.17 bits per heavy atom. The molecule has 3 rings (SSSR count). The molecule has 1 fully saturated rings. The predicted octanol–water partition coefficient (Wildman–Crippen LogP) is 1.27. The monoisotopic (exact) mass is 551 g/mol. The van der Waals surface area contributed by atoms with Gasteiger partial charge in [-0.25, -0.2) is 8.42 Å². The van der Waals surface area contributed by atoms with Gasteiger partial charge in [-0.1, -0.05) is 18.2 Å². The molecule has 0 spiro atoms. The van der Waals surface area contributed by atoms with E-state index in [0.717, 1.165) is 44.0 Å². The van der Waals surface area contributed by atoms with Crippen LogP contribution >= 0.6 is 24.0 Å². The zero-order valence-corrected chi connectivity index (χ0v) is 21.2. The van der Waals surface area contributed by atoms with Crippen LogP contribution in [0.4, 0.5) is 5.69 Å². The molecule has 170 valence electrons. The summed E-state index contributed by atoms with van der Waals surface area (Å²) in [5, 5.41) is 6.46. The molecule has 0 saturated carbocycles. The van der Waals surface area contributed by atoms with Gasteiger partial charge in [-0.2, -0.15) is 0 Å². The zero-order valence-electron chi connectivity index (χ0n) is 18.1. The summed E-state index contributed by atoms with van der Waals surface area (Å²) >= 11 is 0. The molecule has 30 heavy (non-hydrogen) atoms. The second-order valence-corrected chi connectivity index (χ2v) is 10.0. The van der Waals surface area contributed by atoms with E-state index in [0.29, 0.717) is 25.6 Å². The first-order chi connectivity index (χ1) is 13.8. The highest BCUT2D eigenvalue weighted by atomic mass is 127. The van der Waals surface area contributed by atoms with Gasteiger partial charge in [0.25, 0.3) is 0 Å². The molecule has 2 heterocycles. The molecular formula is C20H34IN5O3S. The van der Waals surface area contributed by atoms with Gasteiger partial charge in [0.2, 0.25) is 10.0 Å². The molecule has 0 aliphatic carbocycles. The van der Waals surface area contributed by atoms with Crippen molar-refractivity contribution >= 4 is 45.6 Å². The molecule has 8 nitrogen and oxygen atoms in total. The topological polar surface area (TPSA) is 86.3 Å². The fourth-order valence-corrected chi connectivity index (χ4v) is 5.23. The fraction of sp³-hybridized carbons (Fsp3) is 0.650. The summed E-state index contributed by atoms with van der Waals surface area (Å²) in [5.74, 6) is 0.637. The van der Waals surface area contributed by atoms with Crippen molar-refractivity contribution < 1.29 is 13.2 Å². The number of nitrogens with zero attached hydrogens (tertiary/aromatic N) is 3. The van der Waals surface area contributed by atoms with E-state index in [4.69, 9.17) is 4.74 Å². The maximum absolute atomic E-state index is 12.8. The summed E-state index contributed by atoms with van der Waals surface area (Å²) < 4.78 is 32.6. The highest BCUT2D eigenvalue weighted by Gasteiger charge is 2.30. The van der Waals surface area contributed by atoms with Crippen LogP contribution in [0.3, 0.4) is 0 Å². The van der Waals surface area contributed by atoms with Crippen molar-refractivity contribution in [2.24, 2.45) is 4.99 Å². The maximum atomic E-state index is 12.8. The number of rotatable bonds is 7. The Morgan fingerprint density at radius 3 is 2.57 bits per heavy atom. The van der Waals surface area contributed by atoms with Crippen LogP contribution in [0.25, 0.3) is 0 Å². The minimum atomic E-state index is -3.37. The van der Waals surface area contributed by atoms with Crippen molar-refractivity contribution in [3.8, 4) is 0 Å². The van der Waals surface area contributed by atoms with E-state index in [1.54, 1.807) is 7.05 Å². The third-order valence-corrected chi connectivity index (χ3v) is 7.38. The van der Waals surface area contributed by atoms with Crippen LogP contribution in [0.2, 0.25) is 0 Å².